The molecular formula is C23H25N3O5. The number of anilines is 1. The van der Waals surface area contributed by atoms with Crippen LogP contribution in [-0.4, -0.2) is 81.8 Å². The van der Waals surface area contributed by atoms with E-state index in [0.29, 0.717) is 5.56 Å². The van der Waals surface area contributed by atoms with E-state index in [1.165, 1.54) is 0 Å². The van der Waals surface area contributed by atoms with Crippen molar-refractivity contribution in [1.29, 1.82) is 0 Å². The van der Waals surface area contributed by atoms with Crippen LogP contribution >= 0.6 is 0 Å². The van der Waals surface area contributed by atoms with E-state index in [9.17, 15) is 20.4 Å². The fraction of sp³-hybridized carbons (Fsp3) is 0.348. The second-order valence-corrected chi connectivity index (χ2v) is 7.82. The smallest absolute Gasteiger partial charge is 0.147 e. The van der Waals surface area contributed by atoms with Gasteiger partial charge in [-0.1, -0.05) is 24.0 Å². The maximum Gasteiger partial charge on any atom is 0.147 e. The molecule has 5 N–H and O–H groups in total. The zero-order valence-electron chi connectivity index (χ0n) is 17.2. The van der Waals surface area contributed by atoms with Crippen LogP contribution in [0.1, 0.15) is 5.56 Å². The number of hydrogen-bond donors (Lipinski definition) is 5. The highest BCUT2D eigenvalue weighted by molar-refractivity contribution is 5.89. The second-order valence-electron chi connectivity index (χ2n) is 7.82. The molecule has 162 valence electrons. The van der Waals surface area contributed by atoms with Crippen LogP contribution in [0.3, 0.4) is 0 Å². The van der Waals surface area contributed by atoms with Crippen molar-refractivity contribution in [2.45, 2.75) is 30.5 Å². The first-order valence-corrected chi connectivity index (χ1v) is 9.96. The number of aromatic amines is 1. The zero-order valence-corrected chi connectivity index (χ0v) is 17.2. The molecule has 0 radical (unpaired) electrons. The van der Waals surface area contributed by atoms with Crippen molar-refractivity contribution in [2.75, 3.05) is 25.6 Å². The molecule has 1 saturated heterocycles. The van der Waals surface area contributed by atoms with Gasteiger partial charge in [0.2, 0.25) is 0 Å². The number of hydrogen-bond acceptors (Lipinski definition) is 7. The van der Waals surface area contributed by atoms with Gasteiger partial charge in [-0.15, -0.1) is 0 Å². The molecule has 2 heterocycles. The maximum atomic E-state index is 10.2. The Morgan fingerprint density at radius 3 is 2.45 bits per heavy atom. The van der Waals surface area contributed by atoms with E-state index in [4.69, 9.17) is 4.74 Å². The molecule has 5 atom stereocenters. The highest BCUT2D eigenvalue weighted by Gasteiger charge is 2.42. The van der Waals surface area contributed by atoms with Crippen LogP contribution in [0.2, 0.25) is 0 Å². The summed E-state index contributed by atoms with van der Waals surface area (Å²) in [5.41, 5.74) is 4.46. The van der Waals surface area contributed by atoms with Crippen LogP contribution in [0, 0.1) is 11.8 Å². The van der Waals surface area contributed by atoms with Gasteiger partial charge in [-0.3, -0.25) is 5.10 Å². The molecule has 31 heavy (non-hydrogen) atoms. The Morgan fingerprint density at radius 1 is 1.03 bits per heavy atom. The van der Waals surface area contributed by atoms with Crippen molar-refractivity contribution in [3.8, 4) is 23.0 Å². The Labute approximate surface area is 179 Å². The molecule has 8 nitrogen and oxygen atoms in total. The molecule has 0 spiro atoms. The summed E-state index contributed by atoms with van der Waals surface area (Å²) in [5, 5.41) is 47.4. The number of aliphatic hydroxyl groups excluding tert-OH is 4. The molecule has 0 aliphatic carbocycles. The van der Waals surface area contributed by atoms with Crippen LogP contribution in [-0.2, 0) is 4.74 Å². The number of H-pyrrole nitrogens is 1. The summed E-state index contributed by atoms with van der Waals surface area (Å²) in [6.07, 6.45) is -4.61. The fourth-order valence-corrected chi connectivity index (χ4v) is 3.64. The average Bonchev–Trinajstić information content (AvgIpc) is 3.26. The Morgan fingerprint density at radius 2 is 1.77 bits per heavy atom. The van der Waals surface area contributed by atoms with Crippen LogP contribution in [0.4, 0.5) is 5.69 Å². The minimum Gasteiger partial charge on any atom is -0.394 e. The average molecular weight is 423 g/mol. The molecule has 4 rings (SSSR count). The van der Waals surface area contributed by atoms with E-state index < -0.39 is 37.1 Å². The lowest BCUT2D eigenvalue weighted by molar-refractivity contribution is -0.214. The molecule has 0 amide bonds. The lowest BCUT2D eigenvalue weighted by Gasteiger charge is -2.37. The summed E-state index contributed by atoms with van der Waals surface area (Å²) >= 11 is 0. The van der Waals surface area contributed by atoms with E-state index in [-0.39, 0.29) is 0 Å². The van der Waals surface area contributed by atoms with Gasteiger partial charge < -0.3 is 30.1 Å². The predicted octanol–water partition coefficient (Wildman–Crippen LogP) is 0.490. The van der Waals surface area contributed by atoms with Gasteiger partial charge in [-0.2, -0.15) is 5.10 Å². The van der Waals surface area contributed by atoms with Crippen LogP contribution in [0.25, 0.3) is 22.0 Å². The van der Waals surface area contributed by atoms with E-state index in [0.717, 1.165) is 27.7 Å². The van der Waals surface area contributed by atoms with Gasteiger partial charge in [-0.25, -0.2) is 0 Å². The zero-order chi connectivity index (χ0) is 22.1. The molecule has 3 aromatic rings. The molecule has 0 saturated carbocycles. The number of ether oxygens (including phenoxy) is 1. The van der Waals surface area contributed by atoms with Crippen LogP contribution in [0.15, 0.2) is 42.6 Å². The third-order valence-corrected chi connectivity index (χ3v) is 5.51. The quantitative estimate of drug-likeness (QED) is 0.389. The molecule has 1 fully saturated rings. The number of rotatable bonds is 3. The molecule has 2 aromatic carbocycles. The topological polar surface area (TPSA) is 122 Å². The highest BCUT2D eigenvalue weighted by Crippen LogP contribution is 2.28. The molecule has 1 aliphatic rings. The number of aromatic nitrogens is 2. The summed E-state index contributed by atoms with van der Waals surface area (Å²) in [5.74, 6) is 5.83. The Balaban J connectivity index is 1.69. The number of nitrogens with zero attached hydrogens (tertiary/aromatic N) is 2. The lowest BCUT2D eigenvalue weighted by atomic mass is 9.95. The third kappa shape index (κ3) is 4.14. The van der Waals surface area contributed by atoms with Crippen molar-refractivity contribution in [1.82, 2.24) is 10.2 Å². The number of nitrogens with one attached hydrogen (secondary N) is 1. The minimum atomic E-state index is -1.46. The minimum absolute atomic E-state index is 0.494. The van der Waals surface area contributed by atoms with Crippen molar-refractivity contribution in [3.63, 3.8) is 0 Å². The molecule has 0 bridgehead atoms. The first kappa shape index (κ1) is 21.3. The Kier molecular flexibility index (Phi) is 5.96. The fourth-order valence-electron chi connectivity index (χ4n) is 3.64. The number of benzene rings is 2. The predicted molar refractivity (Wildman–Crippen MR) is 117 cm³/mol. The summed E-state index contributed by atoms with van der Waals surface area (Å²) in [4.78, 5) is 2.03. The van der Waals surface area contributed by atoms with Gasteiger partial charge in [-0.05, 0) is 35.4 Å². The largest absolute Gasteiger partial charge is 0.394 e. The van der Waals surface area contributed by atoms with E-state index in [1.807, 2.05) is 55.4 Å². The molecule has 1 aliphatic heterocycles. The van der Waals surface area contributed by atoms with Crippen molar-refractivity contribution in [2.24, 2.45) is 0 Å². The summed E-state index contributed by atoms with van der Waals surface area (Å²) in [6, 6.07) is 12.1. The standard InChI is InChI=1S/C23H25N3O5/c1-26(2)17-6-3-13(4-7-17)15-9-14(20-16(10-15)11-24-25-20)5-8-18-21(28)23(30)22(29)19(12-27)31-18/h3-4,6-7,9-11,18-19,21-23,27-30H,12H2,1-2H3,(H,24,25)/t18-,19-,21-,22-,23-/m1/s1. The maximum absolute atomic E-state index is 10.2. The van der Waals surface area contributed by atoms with Crippen LogP contribution < -0.4 is 4.90 Å². The monoisotopic (exact) mass is 423 g/mol. The summed E-state index contributed by atoms with van der Waals surface area (Å²) in [7, 11) is 3.97. The highest BCUT2D eigenvalue weighted by atomic mass is 16.5. The third-order valence-electron chi connectivity index (χ3n) is 5.51. The lowest BCUT2D eigenvalue weighted by Crippen LogP contribution is -2.58. The Hall–Kier alpha value is -2.93. The van der Waals surface area contributed by atoms with Gasteiger partial charge >= 0.3 is 0 Å². The van der Waals surface area contributed by atoms with Crippen molar-refractivity contribution < 1.29 is 25.2 Å². The van der Waals surface area contributed by atoms with Crippen molar-refractivity contribution >= 4 is 16.6 Å². The van der Waals surface area contributed by atoms with Gasteiger partial charge in [0.1, 0.15) is 30.5 Å². The Bertz CT molecular complexity index is 1110. The summed E-state index contributed by atoms with van der Waals surface area (Å²) < 4.78 is 5.48. The molecule has 0 unspecified atom stereocenters. The van der Waals surface area contributed by atoms with E-state index in [2.05, 4.69) is 22.0 Å². The normalized spacial score (nSPS) is 25.8. The first-order valence-electron chi connectivity index (χ1n) is 9.96. The van der Waals surface area contributed by atoms with E-state index in [1.54, 1.807) is 6.20 Å². The van der Waals surface area contributed by atoms with Gasteiger partial charge in [0, 0.05) is 25.2 Å². The van der Waals surface area contributed by atoms with Gasteiger partial charge in [0.25, 0.3) is 0 Å². The van der Waals surface area contributed by atoms with Crippen molar-refractivity contribution in [3.05, 3.63) is 48.2 Å². The molecule has 1 aromatic heterocycles. The first-order chi connectivity index (χ1) is 14.9. The number of fused-ring (bicyclic) bond motifs is 1. The number of aliphatic hydroxyl groups is 4. The van der Waals surface area contributed by atoms with Gasteiger partial charge in [0.15, 0.2) is 0 Å². The second kappa shape index (κ2) is 8.67. The van der Waals surface area contributed by atoms with Gasteiger partial charge in [0.05, 0.1) is 23.9 Å². The molecule has 8 heteroatoms. The van der Waals surface area contributed by atoms with E-state index >= 15 is 0 Å². The SMILES string of the molecule is CN(C)c1ccc(-c2cc(C#C[C@H]3O[C@H](CO)[C@@H](O)[C@H](O)[C@@H]3O)c3[nH]ncc3c2)cc1. The molecular weight excluding hydrogens is 398 g/mol. The summed E-state index contributed by atoms with van der Waals surface area (Å²) in [6.45, 7) is -0.494. The van der Waals surface area contributed by atoms with Crippen LogP contribution in [0.5, 0.6) is 0 Å².